The largest absolute Gasteiger partial charge is 0.389 e. The van der Waals surface area contributed by atoms with Gasteiger partial charge in [-0.15, -0.1) is 0 Å². The molecule has 0 fully saturated rings. The first-order valence-electron chi connectivity index (χ1n) is 6.40. The van der Waals surface area contributed by atoms with Crippen molar-refractivity contribution in [2.45, 2.75) is 13.5 Å². The molecule has 2 rings (SSSR count). The fourth-order valence-corrected chi connectivity index (χ4v) is 2.05. The Morgan fingerprint density at radius 3 is 2.76 bits per heavy atom. The molecule has 0 aromatic heterocycles. The van der Waals surface area contributed by atoms with Crippen LogP contribution in [0.2, 0.25) is 0 Å². The molecule has 5 heteroatoms. The molecule has 0 atom stereocenters. The summed E-state index contributed by atoms with van der Waals surface area (Å²) in [5, 5.41) is 2.69. The monoisotopic (exact) mass is 302 g/mol. The predicted octanol–water partition coefficient (Wildman–Crippen LogP) is 2.70. The molecule has 2 aromatic carbocycles. The van der Waals surface area contributed by atoms with E-state index in [2.05, 4.69) is 5.32 Å². The topological polar surface area (TPSA) is 55.1 Å². The molecule has 0 aliphatic rings. The van der Waals surface area contributed by atoms with Crippen molar-refractivity contribution in [1.29, 1.82) is 0 Å². The number of amides is 1. The smallest absolute Gasteiger partial charge is 0.254 e. The molecule has 3 N–H and O–H groups in total. The van der Waals surface area contributed by atoms with Crippen LogP contribution in [-0.2, 0) is 6.54 Å². The number of carbonyl (C=O) groups is 1. The van der Waals surface area contributed by atoms with Crippen LogP contribution in [-0.4, -0.2) is 10.9 Å². The molecule has 2 aromatic rings. The van der Waals surface area contributed by atoms with Gasteiger partial charge in [0, 0.05) is 12.1 Å². The van der Waals surface area contributed by atoms with Gasteiger partial charge in [-0.3, -0.25) is 4.79 Å². The summed E-state index contributed by atoms with van der Waals surface area (Å²) in [6, 6.07) is 11.7. The van der Waals surface area contributed by atoms with Crippen molar-refractivity contribution in [3.63, 3.8) is 0 Å². The van der Waals surface area contributed by atoms with Crippen LogP contribution < -0.4 is 11.1 Å². The van der Waals surface area contributed by atoms with E-state index in [9.17, 15) is 9.18 Å². The SMILES string of the molecule is Cc1ccc(F)c(C(=O)NCc2cccc(C(N)=S)c2)c1. The second-order valence-corrected chi connectivity index (χ2v) is 5.17. The molecular formula is C16H15FN2OS. The fourth-order valence-electron chi connectivity index (χ4n) is 1.93. The zero-order valence-electron chi connectivity index (χ0n) is 11.5. The summed E-state index contributed by atoms with van der Waals surface area (Å²) in [6.45, 7) is 2.09. The first kappa shape index (κ1) is 15.1. The molecule has 0 aliphatic heterocycles. The Labute approximate surface area is 128 Å². The molecule has 0 aliphatic carbocycles. The highest BCUT2D eigenvalue weighted by molar-refractivity contribution is 7.80. The van der Waals surface area contributed by atoms with Crippen LogP contribution in [0.4, 0.5) is 4.39 Å². The first-order chi connectivity index (χ1) is 9.97. The van der Waals surface area contributed by atoms with Gasteiger partial charge in [-0.05, 0) is 30.7 Å². The third-order valence-electron chi connectivity index (χ3n) is 3.03. The van der Waals surface area contributed by atoms with E-state index in [1.165, 1.54) is 12.1 Å². The number of hydrogen-bond acceptors (Lipinski definition) is 2. The molecule has 0 spiro atoms. The van der Waals surface area contributed by atoms with Crippen molar-refractivity contribution in [1.82, 2.24) is 5.32 Å². The van der Waals surface area contributed by atoms with Crippen molar-refractivity contribution in [2.24, 2.45) is 5.73 Å². The number of nitrogens with two attached hydrogens (primary N) is 1. The molecule has 0 saturated heterocycles. The normalized spacial score (nSPS) is 10.2. The fraction of sp³-hybridized carbons (Fsp3) is 0.125. The molecule has 0 unspecified atom stereocenters. The molecule has 1 amide bonds. The number of rotatable bonds is 4. The zero-order valence-corrected chi connectivity index (χ0v) is 12.3. The number of carbonyl (C=O) groups excluding carboxylic acids is 1. The van der Waals surface area contributed by atoms with Gasteiger partial charge in [0.1, 0.15) is 10.8 Å². The lowest BCUT2D eigenvalue weighted by atomic mass is 10.1. The van der Waals surface area contributed by atoms with Gasteiger partial charge < -0.3 is 11.1 Å². The van der Waals surface area contributed by atoms with E-state index in [0.29, 0.717) is 4.99 Å². The van der Waals surface area contributed by atoms with Crippen LogP contribution in [0.3, 0.4) is 0 Å². The second-order valence-electron chi connectivity index (χ2n) is 4.73. The van der Waals surface area contributed by atoms with Crippen molar-refractivity contribution in [2.75, 3.05) is 0 Å². The van der Waals surface area contributed by atoms with Crippen molar-refractivity contribution < 1.29 is 9.18 Å². The quantitative estimate of drug-likeness (QED) is 0.854. The molecule has 3 nitrogen and oxygen atoms in total. The summed E-state index contributed by atoms with van der Waals surface area (Å²) in [5.74, 6) is -0.980. The Bertz CT molecular complexity index is 700. The van der Waals surface area contributed by atoms with Gasteiger partial charge in [-0.2, -0.15) is 0 Å². The number of halogens is 1. The van der Waals surface area contributed by atoms with Gasteiger partial charge >= 0.3 is 0 Å². The average molecular weight is 302 g/mol. The maximum Gasteiger partial charge on any atom is 0.254 e. The second kappa shape index (κ2) is 6.45. The molecule has 0 saturated carbocycles. The van der Waals surface area contributed by atoms with Gasteiger partial charge in [0.15, 0.2) is 0 Å². The zero-order chi connectivity index (χ0) is 15.4. The third-order valence-corrected chi connectivity index (χ3v) is 3.27. The van der Waals surface area contributed by atoms with Crippen LogP contribution in [0, 0.1) is 12.7 Å². The number of nitrogens with one attached hydrogen (secondary N) is 1. The van der Waals surface area contributed by atoms with Gasteiger partial charge in [0.2, 0.25) is 0 Å². The number of aryl methyl sites for hydroxylation is 1. The van der Waals surface area contributed by atoms with Crippen LogP contribution in [0.25, 0.3) is 0 Å². The van der Waals surface area contributed by atoms with Crippen molar-refractivity contribution in [3.05, 3.63) is 70.5 Å². The van der Waals surface area contributed by atoms with Gasteiger partial charge in [-0.1, -0.05) is 42.0 Å². The summed E-state index contributed by atoms with van der Waals surface area (Å²) >= 11 is 4.91. The van der Waals surface area contributed by atoms with E-state index >= 15 is 0 Å². The molecule has 21 heavy (non-hydrogen) atoms. The van der Waals surface area contributed by atoms with Crippen molar-refractivity contribution >= 4 is 23.1 Å². The summed E-state index contributed by atoms with van der Waals surface area (Å²) in [6.07, 6.45) is 0. The Morgan fingerprint density at radius 1 is 1.29 bits per heavy atom. The van der Waals surface area contributed by atoms with Crippen LogP contribution >= 0.6 is 12.2 Å². The maximum atomic E-state index is 13.6. The Kier molecular flexibility index (Phi) is 4.65. The Morgan fingerprint density at radius 2 is 2.05 bits per heavy atom. The average Bonchev–Trinajstić information content (AvgIpc) is 2.47. The van der Waals surface area contributed by atoms with Gasteiger partial charge in [0.25, 0.3) is 5.91 Å². The predicted molar refractivity (Wildman–Crippen MR) is 84.6 cm³/mol. The van der Waals surface area contributed by atoms with Gasteiger partial charge in [-0.25, -0.2) is 4.39 Å². The van der Waals surface area contributed by atoms with Gasteiger partial charge in [0.05, 0.1) is 5.56 Å². The third kappa shape index (κ3) is 3.86. The lowest BCUT2D eigenvalue weighted by Crippen LogP contribution is -2.24. The Balaban J connectivity index is 2.09. The maximum absolute atomic E-state index is 13.6. The van der Waals surface area contributed by atoms with Crippen LogP contribution in [0.5, 0.6) is 0 Å². The highest BCUT2D eigenvalue weighted by Gasteiger charge is 2.11. The summed E-state index contributed by atoms with van der Waals surface area (Å²) in [4.78, 5) is 12.3. The molecule has 0 bridgehead atoms. The number of benzene rings is 2. The minimum absolute atomic E-state index is 0.0421. The first-order valence-corrected chi connectivity index (χ1v) is 6.81. The number of hydrogen-bond donors (Lipinski definition) is 2. The minimum Gasteiger partial charge on any atom is -0.389 e. The van der Waals surface area contributed by atoms with Crippen LogP contribution in [0.1, 0.15) is 27.0 Å². The van der Waals surface area contributed by atoms with E-state index in [4.69, 9.17) is 18.0 Å². The highest BCUT2D eigenvalue weighted by atomic mass is 32.1. The molecule has 0 heterocycles. The molecular weight excluding hydrogens is 287 g/mol. The molecule has 108 valence electrons. The van der Waals surface area contributed by atoms with Crippen molar-refractivity contribution in [3.8, 4) is 0 Å². The van der Waals surface area contributed by atoms with E-state index in [1.807, 2.05) is 19.1 Å². The minimum atomic E-state index is -0.532. The Hall–Kier alpha value is -2.27. The molecule has 0 radical (unpaired) electrons. The van der Waals surface area contributed by atoms with Crippen LogP contribution in [0.15, 0.2) is 42.5 Å². The summed E-state index contributed by atoms with van der Waals surface area (Å²) in [5.41, 5.74) is 8.02. The lowest BCUT2D eigenvalue weighted by molar-refractivity contribution is 0.0947. The van der Waals surface area contributed by atoms with E-state index < -0.39 is 11.7 Å². The van der Waals surface area contributed by atoms with E-state index in [1.54, 1.807) is 18.2 Å². The standard InChI is InChI=1S/C16H15FN2OS/c1-10-5-6-14(17)13(7-10)16(20)19-9-11-3-2-4-12(8-11)15(18)21/h2-8H,9H2,1H3,(H2,18,21)(H,19,20). The number of thiocarbonyl (C=S) groups is 1. The lowest BCUT2D eigenvalue weighted by Gasteiger charge is -2.08. The highest BCUT2D eigenvalue weighted by Crippen LogP contribution is 2.11. The van der Waals surface area contributed by atoms with E-state index in [0.717, 1.165) is 16.7 Å². The van der Waals surface area contributed by atoms with E-state index in [-0.39, 0.29) is 12.1 Å². The summed E-state index contributed by atoms with van der Waals surface area (Å²) < 4.78 is 13.6. The summed E-state index contributed by atoms with van der Waals surface area (Å²) in [7, 11) is 0.